The smallest absolute Gasteiger partial charge is 0.387 e. The second kappa shape index (κ2) is 6.11. The maximum Gasteiger partial charge on any atom is 0.401 e. The number of amidine groups is 1. The van der Waals surface area contributed by atoms with Gasteiger partial charge in [-0.05, 0) is 32.2 Å². The summed E-state index contributed by atoms with van der Waals surface area (Å²) in [5.74, 6) is 0.141. The molecule has 1 aliphatic rings. The normalized spacial score (nSPS) is 16.9. The van der Waals surface area contributed by atoms with Gasteiger partial charge in [-0.1, -0.05) is 20.3 Å². The minimum absolute atomic E-state index is 0.127. The summed E-state index contributed by atoms with van der Waals surface area (Å²) in [6.45, 7) is 3.47. The number of unbranched alkanes of at least 4 members (excludes halogenated alkanes) is 1. The summed E-state index contributed by atoms with van der Waals surface area (Å²) >= 11 is 0. The molecule has 0 spiro atoms. The number of hydrogen-bond donors (Lipinski definition) is 2. The van der Waals surface area contributed by atoms with Crippen molar-refractivity contribution in [1.29, 1.82) is 5.41 Å². The zero-order valence-corrected chi connectivity index (χ0v) is 11.7. The first-order chi connectivity index (χ1) is 8.62. The van der Waals surface area contributed by atoms with E-state index in [4.69, 9.17) is 11.1 Å². The van der Waals surface area contributed by atoms with Gasteiger partial charge in [0.15, 0.2) is 0 Å². The standard InChI is InChI=1S/C13H24F3N3/c1-12(2,11(17)18)7-3-4-8-19(10-5-6-10)9-13(14,15)16/h10H,3-9H2,1-2H3,(H3,17,18). The quantitative estimate of drug-likeness (QED) is 0.407. The fraction of sp³-hybridized carbons (Fsp3) is 0.923. The van der Waals surface area contributed by atoms with Crippen molar-refractivity contribution in [2.75, 3.05) is 13.1 Å². The minimum Gasteiger partial charge on any atom is -0.387 e. The Kier molecular flexibility index (Phi) is 5.24. The van der Waals surface area contributed by atoms with Crippen LogP contribution < -0.4 is 5.73 Å². The van der Waals surface area contributed by atoms with Gasteiger partial charge in [0, 0.05) is 11.5 Å². The average Bonchev–Trinajstić information content (AvgIpc) is 3.04. The van der Waals surface area contributed by atoms with Gasteiger partial charge in [-0.25, -0.2) is 0 Å². The summed E-state index contributed by atoms with van der Waals surface area (Å²) in [5, 5.41) is 7.43. The number of rotatable bonds is 8. The number of nitrogens with one attached hydrogen (secondary N) is 1. The molecule has 0 unspecified atom stereocenters. The summed E-state index contributed by atoms with van der Waals surface area (Å²) in [6, 6.07) is 0.127. The van der Waals surface area contributed by atoms with Crippen LogP contribution in [0.3, 0.4) is 0 Å². The van der Waals surface area contributed by atoms with Gasteiger partial charge in [0.25, 0.3) is 0 Å². The van der Waals surface area contributed by atoms with Crippen LogP contribution in [0.1, 0.15) is 46.0 Å². The van der Waals surface area contributed by atoms with Gasteiger partial charge in [-0.3, -0.25) is 10.3 Å². The first-order valence-corrected chi connectivity index (χ1v) is 6.77. The molecule has 1 saturated carbocycles. The second-order valence-corrected chi connectivity index (χ2v) is 6.07. The fourth-order valence-electron chi connectivity index (χ4n) is 2.08. The van der Waals surface area contributed by atoms with Gasteiger partial charge in [0.05, 0.1) is 12.4 Å². The highest BCUT2D eigenvalue weighted by Gasteiger charge is 2.37. The molecule has 0 radical (unpaired) electrons. The molecule has 112 valence electrons. The SMILES string of the molecule is CC(C)(CCCCN(CC(F)(F)F)C1CC1)C(=N)N. The number of alkyl halides is 3. The molecule has 0 heterocycles. The first kappa shape index (κ1) is 16.3. The number of halogens is 3. The van der Waals surface area contributed by atoms with Gasteiger partial charge < -0.3 is 5.73 Å². The van der Waals surface area contributed by atoms with Crippen molar-refractivity contribution in [1.82, 2.24) is 4.90 Å². The average molecular weight is 279 g/mol. The van der Waals surface area contributed by atoms with Crippen LogP contribution in [0.5, 0.6) is 0 Å². The predicted octanol–water partition coefficient (Wildman–Crippen LogP) is 3.15. The summed E-state index contributed by atoms with van der Waals surface area (Å²) < 4.78 is 37.2. The Balaban J connectivity index is 2.28. The lowest BCUT2D eigenvalue weighted by Crippen LogP contribution is -2.37. The van der Waals surface area contributed by atoms with E-state index in [0.717, 1.165) is 32.1 Å². The highest BCUT2D eigenvalue weighted by Crippen LogP contribution is 2.31. The van der Waals surface area contributed by atoms with Crippen molar-refractivity contribution in [3.63, 3.8) is 0 Å². The van der Waals surface area contributed by atoms with Gasteiger partial charge in [-0.15, -0.1) is 0 Å². The van der Waals surface area contributed by atoms with Crippen LogP contribution >= 0.6 is 0 Å². The summed E-state index contributed by atoms with van der Waals surface area (Å²) in [4.78, 5) is 1.54. The van der Waals surface area contributed by atoms with E-state index in [9.17, 15) is 13.2 Å². The highest BCUT2D eigenvalue weighted by molar-refractivity contribution is 5.82. The van der Waals surface area contributed by atoms with E-state index in [1.165, 1.54) is 0 Å². The molecule has 1 fully saturated rings. The molecule has 0 aromatic heterocycles. The van der Waals surface area contributed by atoms with Crippen molar-refractivity contribution in [3.05, 3.63) is 0 Å². The molecule has 0 bridgehead atoms. The largest absolute Gasteiger partial charge is 0.401 e. The van der Waals surface area contributed by atoms with Crippen LogP contribution in [0.4, 0.5) is 13.2 Å². The van der Waals surface area contributed by atoms with Crippen molar-refractivity contribution >= 4 is 5.84 Å². The lowest BCUT2D eigenvalue weighted by Gasteiger charge is -2.25. The third-order valence-electron chi connectivity index (χ3n) is 3.67. The van der Waals surface area contributed by atoms with Crippen LogP contribution in [0.15, 0.2) is 0 Å². The third kappa shape index (κ3) is 6.27. The van der Waals surface area contributed by atoms with Crippen molar-refractivity contribution in [2.24, 2.45) is 11.1 Å². The second-order valence-electron chi connectivity index (χ2n) is 6.07. The maximum atomic E-state index is 12.4. The summed E-state index contributed by atoms with van der Waals surface area (Å²) in [7, 11) is 0. The minimum atomic E-state index is -4.11. The molecular formula is C13H24F3N3. The van der Waals surface area contributed by atoms with E-state index < -0.39 is 12.7 Å². The lowest BCUT2D eigenvalue weighted by atomic mass is 9.86. The van der Waals surface area contributed by atoms with E-state index >= 15 is 0 Å². The zero-order valence-electron chi connectivity index (χ0n) is 11.7. The monoisotopic (exact) mass is 279 g/mol. The molecule has 0 aliphatic heterocycles. The third-order valence-corrected chi connectivity index (χ3v) is 3.67. The number of nitrogens with zero attached hydrogens (tertiary/aromatic N) is 1. The molecule has 0 aromatic carbocycles. The van der Waals surface area contributed by atoms with Gasteiger partial charge in [0.1, 0.15) is 0 Å². The maximum absolute atomic E-state index is 12.4. The molecule has 1 rings (SSSR count). The Morgan fingerprint density at radius 3 is 2.26 bits per heavy atom. The highest BCUT2D eigenvalue weighted by atomic mass is 19.4. The molecule has 0 saturated heterocycles. The van der Waals surface area contributed by atoms with E-state index in [1.807, 2.05) is 13.8 Å². The molecule has 3 nitrogen and oxygen atoms in total. The van der Waals surface area contributed by atoms with Gasteiger partial charge in [-0.2, -0.15) is 13.2 Å². The Bertz CT molecular complexity index is 309. The van der Waals surface area contributed by atoms with Crippen LogP contribution in [-0.2, 0) is 0 Å². The molecule has 6 heteroatoms. The molecule has 1 aliphatic carbocycles. The summed E-state index contributed by atoms with van der Waals surface area (Å²) in [6.07, 6.45) is -0.0743. The van der Waals surface area contributed by atoms with Crippen molar-refractivity contribution in [3.8, 4) is 0 Å². The van der Waals surface area contributed by atoms with Crippen LogP contribution in [0, 0.1) is 10.8 Å². The zero-order chi connectivity index (χ0) is 14.7. The van der Waals surface area contributed by atoms with E-state index in [1.54, 1.807) is 4.90 Å². The molecular weight excluding hydrogens is 255 g/mol. The van der Waals surface area contributed by atoms with Crippen molar-refractivity contribution < 1.29 is 13.2 Å². The van der Waals surface area contributed by atoms with Gasteiger partial charge in [0.2, 0.25) is 0 Å². The lowest BCUT2D eigenvalue weighted by molar-refractivity contribution is -0.147. The Hall–Kier alpha value is -0.780. The Morgan fingerprint density at radius 2 is 1.84 bits per heavy atom. The number of nitrogens with two attached hydrogens (primary N) is 1. The molecule has 0 aromatic rings. The Morgan fingerprint density at radius 1 is 1.26 bits per heavy atom. The molecule has 3 N–H and O–H groups in total. The topological polar surface area (TPSA) is 53.1 Å². The van der Waals surface area contributed by atoms with Crippen molar-refractivity contribution in [2.45, 2.75) is 58.2 Å². The van der Waals surface area contributed by atoms with Gasteiger partial charge >= 0.3 is 6.18 Å². The van der Waals surface area contributed by atoms with Crippen LogP contribution in [0.2, 0.25) is 0 Å². The fourth-order valence-corrected chi connectivity index (χ4v) is 2.08. The molecule has 0 atom stereocenters. The molecule has 19 heavy (non-hydrogen) atoms. The van der Waals surface area contributed by atoms with Crippen LogP contribution in [0.25, 0.3) is 0 Å². The van der Waals surface area contributed by atoms with E-state index in [0.29, 0.717) is 6.54 Å². The van der Waals surface area contributed by atoms with Crippen LogP contribution in [-0.4, -0.2) is 36.0 Å². The predicted molar refractivity (Wildman–Crippen MR) is 70.2 cm³/mol. The number of hydrogen-bond acceptors (Lipinski definition) is 2. The Labute approximate surface area is 112 Å². The summed E-state index contributed by atoms with van der Waals surface area (Å²) in [5.41, 5.74) is 5.13. The first-order valence-electron chi connectivity index (χ1n) is 6.77. The van der Waals surface area contributed by atoms with E-state index in [-0.39, 0.29) is 17.3 Å². The molecule has 0 amide bonds. The van der Waals surface area contributed by atoms with E-state index in [2.05, 4.69) is 0 Å².